The van der Waals surface area contributed by atoms with Crippen LogP contribution in [-0.2, 0) is 0 Å². The zero-order valence-corrected chi connectivity index (χ0v) is 16.6. The van der Waals surface area contributed by atoms with Crippen molar-refractivity contribution in [1.82, 2.24) is 9.97 Å². The average molecular weight is 436 g/mol. The van der Waals surface area contributed by atoms with E-state index in [1.54, 1.807) is 36.4 Å². The normalized spacial score (nSPS) is 13.1. The Bertz CT molecular complexity index is 1270. The molecular weight excluding hydrogens is 418 g/mol. The van der Waals surface area contributed by atoms with Crippen LogP contribution in [0.15, 0.2) is 66.7 Å². The van der Waals surface area contributed by atoms with Crippen molar-refractivity contribution in [3.8, 4) is 0 Å². The highest BCUT2D eigenvalue weighted by molar-refractivity contribution is 6.20. The van der Waals surface area contributed by atoms with Gasteiger partial charge in [-0.25, -0.2) is 13.8 Å². The van der Waals surface area contributed by atoms with Crippen LogP contribution in [0, 0.1) is 11.6 Å². The molecule has 0 radical (unpaired) electrons. The summed E-state index contributed by atoms with van der Waals surface area (Å²) in [4.78, 5) is 34.2. The molecule has 32 heavy (non-hydrogen) atoms. The Morgan fingerprint density at radius 2 is 1.59 bits per heavy atom. The van der Waals surface area contributed by atoms with Gasteiger partial charge in [-0.05, 0) is 29.8 Å². The molecule has 4 rings (SSSR count). The first-order chi connectivity index (χ1) is 15.4. The average Bonchev–Trinajstić information content (AvgIpc) is 3.21. The number of imidazole rings is 1. The highest BCUT2D eigenvalue weighted by Crippen LogP contribution is 2.29. The summed E-state index contributed by atoms with van der Waals surface area (Å²) in [5.74, 6) is -5.07. The molecule has 3 aromatic carbocycles. The standard InChI is InChI=1S/C24H18F2N2O4/c25-14-9-13(10-15(26)11-14)22(31)21(24-27-18-7-3-4-8-19(18)28-24)23(32)17-6-2-1-5-16(17)20(30)12-29/h1-11,20-21,29-30H,12H2,(H,27,28). The number of nitrogens with zero attached hydrogens (tertiary/aromatic N) is 1. The van der Waals surface area contributed by atoms with Crippen molar-refractivity contribution in [1.29, 1.82) is 0 Å². The van der Waals surface area contributed by atoms with Crippen LogP contribution in [-0.4, -0.2) is 38.4 Å². The molecule has 0 fully saturated rings. The monoisotopic (exact) mass is 436 g/mol. The van der Waals surface area contributed by atoms with Gasteiger partial charge in [-0.2, -0.15) is 0 Å². The first kappa shape index (κ1) is 21.5. The van der Waals surface area contributed by atoms with Gasteiger partial charge in [0.15, 0.2) is 11.6 Å². The maximum atomic E-state index is 13.8. The third kappa shape index (κ3) is 4.05. The van der Waals surface area contributed by atoms with E-state index in [-0.39, 0.29) is 22.5 Å². The number of Topliss-reactive ketones (excluding diaryl/α,β-unsaturated/α-hetero) is 2. The molecule has 2 unspecified atom stereocenters. The zero-order valence-electron chi connectivity index (χ0n) is 16.6. The molecule has 0 spiro atoms. The fourth-order valence-electron chi connectivity index (χ4n) is 3.61. The number of hydrogen-bond acceptors (Lipinski definition) is 5. The van der Waals surface area contributed by atoms with E-state index in [2.05, 4.69) is 9.97 Å². The Balaban J connectivity index is 1.88. The van der Waals surface area contributed by atoms with Crippen molar-refractivity contribution < 1.29 is 28.6 Å². The van der Waals surface area contributed by atoms with Crippen molar-refractivity contribution in [2.45, 2.75) is 12.0 Å². The van der Waals surface area contributed by atoms with Gasteiger partial charge in [-0.3, -0.25) is 9.59 Å². The van der Waals surface area contributed by atoms with E-state index in [1.165, 1.54) is 12.1 Å². The second-order valence-corrected chi connectivity index (χ2v) is 7.24. The van der Waals surface area contributed by atoms with Gasteiger partial charge in [0, 0.05) is 17.2 Å². The molecule has 162 valence electrons. The van der Waals surface area contributed by atoms with Gasteiger partial charge in [-0.1, -0.05) is 36.4 Å². The number of aromatic amines is 1. The number of H-pyrrole nitrogens is 1. The molecule has 2 atom stereocenters. The summed E-state index contributed by atoms with van der Waals surface area (Å²) in [6.45, 7) is -0.636. The molecule has 0 aliphatic rings. The fraction of sp³-hybridized carbons (Fsp3) is 0.125. The molecule has 3 N–H and O–H groups in total. The third-order valence-electron chi connectivity index (χ3n) is 5.11. The number of benzene rings is 3. The molecule has 0 aliphatic carbocycles. The number of carbonyl (C=O) groups is 2. The largest absolute Gasteiger partial charge is 0.393 e. The molecule has 0 saturated carbocycles. The molecule has 6 nitrogen and oxygen atoms in total. The van der Waals surface area contributed by atoms with Gasteiger partial charge in [0.2, 0.25) is 0 Å². The molecule has 1 heterocycles. The van der Waals surface area contributed by atoms with Crippen LogP contribution in [0.5, 0.6) is 0 Å². The predicted molar refractivity (Wildman–Crippen MR) is 112 cm³/mol. The van der Waals surface area contributed by atoms with Crippen molar-refractivity contribution in [2.24, 2.45) is 0 Å². The second kappa shape index (κ2) is 8.78. The lowest BCUT2D eigenvalue weighted by atomic mass is 9.86. The Kier molecular flexibility index (Phi) is 5.89. The maximum Gasteiger partial charge on any atom is 0.181 e. The van der Waals surface area contributed by atoms with Crippen LogP contribution in [0.1, 0.15) is 44.1 Å². The zero-order chi connectivity index (χ0) is 22.8. The van der Waals surface area contributed by atoms with Crippen molar-refractivity contribution >= 4 is 22.6 Å². The number of halogens is 2. The van der Waals surface area contributed by atoms with E-state index in [1.807, 2.05) is 0 Å². The number of ketones is 2. The van der Waals surface area contributed by atoms with Crippen LogP contribution in [0.3, 0.4) is 0 Å². The minimum absolute atomic E-state index is 0.000777. The first-order valence-electron chi connectivity index (χ1n) is 9.76. The van der Waals surface area contributed by atoms with Crippen molar-refractivity contribution in [2.75, 3.05) is 6.61 Å². The topological polar surface area (TPSA) is 103 Å². The van der Waals surface area contributed by atoms with E-state index in [0.717, 1.165) is 12.1 Å². The smallest absolute Gasteiger partial charge is 0.181 e. The number of carbonyl (C=O) groups excluding carboxylic acids is 2. The lowest BCUT2D eigenvalue weighted by molar-refractivity contribution is 0.0831. The minimum atomic E-state index is -1.56. The van der Waals surface area contributed by atoms with Gasteiger partial charge in [0.25, 0.3) is 0 Å². The van der Waals surface area contributed by atoms with Crippen LogP contribution >= 0.6 is 0 Å². The Labute approximate surface area is 181 Å². The van der Waals surface area contributed by atoms with Gasteiger partial charge in [0.05, 0.1) is 17.6 Å². The molecule has 0 bridgehead atoms. The molecular formula is C24H18F2N2O4. The number of aromatic nitrogens is 2. The minimum Gasteiger partial charge on any atom is -0.393 e. The number of fused-ring (bicyclic) bond motifs is 1. The Morgan fingerprint density at radius 3 is 2.28 bits per heavy atom. The summed E-state index contributed by atoms with van der Waals surface area (Å²) in [6, 6.07) is 15.2. The molecule has 1 aromatic heterocycles. The van der Waals surface area contributed by atoms with E-state index in [9.17, 15) is 28.6 Å². The number of aliphatic hydroxyl groups is 2. The Morgan fingerprint density at radius 1 is 0.938 bits per heavy atom. The number of aliphatic hydroxyl groups excluding tert-OH is 2. The lowest BCUT2D eigenvalue weighted by Crippen LogP contribution is -2.25. The lowest BCUT2D eigenvalue weighted by Gasteiger charge is -2.17. The SMILES string of the molecule is O=C(c1cc(F)cc(F)c1)C(C(=O)c1ccccc1C(O)CO)c1nc2ccccc2[nH]1. The van der Waals surface area contributed by atoms with E-state index in [4.69, 9.17) is 0 Å². The number of rotatable bonds is 7. The van der Waals surface area contributed by atoms with Crippen LogP contribution in [0.25, 0.3) is 11.0 Å². The van der Waals surface area contributed by atoms with Crippen LogP contribution in [0.2, 0.25) is 0 Å². The number of hydrogen-bond donors (Lipinski definition) is 3. The predicted octanol–water partition coefficient (Wildman–Crippen LogP) is 3.72. The third-order valence-corrected chi connectivity index (χ3v) is 5.11. The van der Waals surface area contributed by atoms with Gasteiger partial charge in [-0.15, -0.1) is 0 Å². The molecule has 0 amide bonds. The van der Waals surface area contributed by atoms with E-state index >= 15 is 0 Å². The van der Waals surface area contributed by atoms with Crippen molar-refractivity contribution in [3.63, 3.8) is 0 Å². The second-order valence-electron chi connectivity index (χ2n) is 7.24. The molecule has 0 aliphatic heterocycles. The number of para-hydroxylation sites is 2. The molecule has 0 saturated heterocycles. The van der Waals surface area contributed by atoms with Gasteiger partial charge < -0.3 is 15.2 Å². The first-order valence-corrected chi connectivity index (χ1v) is 9.76. The fourth-order valence-corrected chi connectivity index (χ4v) is 3.61. The van der Waals surface area contributed by atoms with Crippen LogP contribution in [0.4, 0.5) is 8.78 Å². The van der Waals surface area contributed by atoms with E-state index < -0.39 is 41.8 Å². The van der Waals surface area contributed by atoms with E-state index in [0.29, 0.717) is 17.1 Å². The van der Waals surface area contributed by atoms with Crippen molar-refractivity contribution in [3.05, 3.63) is 101 Å². The summed E-state index contributed by atoms with van der Waals surface area (Å²) >= 11 is 0. The summed E-state index contributed by atoms with van der Waals surface area (Å²) in [5, 5.41) is 19.5. The summed E-state index contributed by atoms with van der Waals surface area (Å²) < 4.78 is 27.6. The highest BCUT2D eigenvalue weighted by Gasteiger charge is 2.35. The molecule has 4 aromatic rings. The molecule has 8 heteroatoms. The summed E-state index contributed by atoms with van der Waals surface area (Å²) in [6.07, 6.45) is -1.35. The summed E-state index contributed by atoms with van der Waals surface area (Å²) in [7, 11) is 0. The maximum absolute atomic E-state index is 13.8. The van der Waals surface area contributed by atoms with Crippen LogP contribution < -0.4 is 0 Å². The Hall–Kier alpha value is -3.75. The quantitative estimate of drug-likeness (QED) is 0.303. The summed E-state index contributed by atoms with van der Waals surface area (Å²) in [5.41, 5.74) is 0.856. The van der Waals surface area contributed by atoms with Gasteiger partial charge >= 0.3 is 0 Å². The van der Waals surface area contributed by atoms with Gasteiger partial charge in [0.1, 0.15) is 29.5 Å². The highest BCUT2D eigenvalue weighted by atomic mass is 19.1. The number of nitrogens with one attached hydrogen (secondary N) is 1.